The molecule has 0 aliphatic carbocycles. The second kappa shape index (κ2) is 13.4. The van der Waals surface area contributed by atoms with Gasteiger partial charge < -0.3 is 9.47 Å². The average Bonchev–Trinajstić information content (AvgIpc) is 3.70. The van der Waals surface area contributed by atoms with Crippen LogP contribution in [0, 0.1) is 0 Å². The molecule has 54 heavy (non-hydrogen) atoms. The second-order valence-corrected chi connectivity index (χ2v) is 12.7. The van der Waals surface area contributed by atoms with Crippen molar-refractivity contribution in [2.75, 3.05) is 4.90 Å². The number of rotatable bonds is 7. The second-order valence-electron chi connectivity index (χ2n) is 12.7. The van der Waals surface area contributed by atoms with Crippen LogP contribution in [-0.4, -0.2) is 4.57 Å². The van der Waals surface area contributed by atoms with Crippen LogP contribution >= 0.6 is 0 Å². The molecule has 2 nitrogen and oxygen atoms in total. The van der Waals surface area contributed by atoms with E-state index in [4.69, 9.17) is 20.6 Å². The van der Waals surface area contributed by atoms with Gasteiger partial charge in [-0.3, -0.25) is 0 Å². The lowest BCUT2D eigenvalue weighted by Crippen LogP contribution is -2.10. The monoisotopic (exact) mass is 703 g/mol. The van der Waals surface area contributed by atoms with Crippen molar-refractivity contribution in [3.05, 3.63) is 218 Å². The summed E-state index contributed by atoms with van der Waals surface area (Å²) in [4.78, 5) is 1.82. The third kappa shape index (κ3) is 5.62. The Hall–Kier alpha value is -7.16. The van der Waals surface area contributed by atoms with E-state index in [1.165, 1.54) is 6.07 Å². The van der Waals surface area contributed by atoms with E-state index < -0.39 is 78.6 Å². The molecule has 0 spiro atoms. The summed E-state index contributed by atoms with van der Waals surface area (Å²) in [7, 11) is 0. The minimum Gasteiger partial charge on any atom is -0.310 e. The van der Waals surface area contributed by atoms with Crippen LogP contribution in [0.4, 0.5) is 17.1 Å². The molecule has 1 heterocycles. The van der Waals surface area contributed by atoms with Gasteiger partial charge >= 0.3 is 0 Å². The highest BCUT2D eigenvalue weighted by atomic mass is 15.1. The number of anilines is 3. The van der Waals surface area contributed by atoms with Gasteiger partial charge in [-0.2, -0.15) is 0 Å². The lowest BCUT2D eigenvalue weighted by atomic mass is 9.97. The zero-order chi connectivity index (χ0) is 48.9. The number of aromatic nitrogens is 1. The van der Waals surface area contributed by atoms with Gasteiger partial charge in [0.2, 0.25) is 0 Å². The molecule has 0 saturated heterocycles. The van der Waals surface area contributed by atoms with Crippen molar-refractivity contribution in [3.63, 3.8) is 0 Å². The van der Waals surface area contributed by atoms with Gasteiger partial charge in [0.1, 0.15) is 0 Å². The van der Waals surface area contributed by atoms with Crippen molar-refractivity contribution in [1.82, 2.24) is 4.57 Å². The maximum absolute atomic E-state index is 9.01. The van der Waals surface area contributed by atoms with E-state index in [1.807, 2.05) is 71.6 Å². The van der Waals surface area contributed by atoms with E-state index in [9.17, 15) is 0 Å². The Kier molecular flexibility index (Phi) is 4.88. The Labute approximate surface area is 336 Å². The Balaban J connectivity index is 1.31. The Morgan fingerprint density at radius 1 is 0.370 bits per heavy atom. The molecule has 0 radical (unpaired) electrons. The molecule has 0 unspecified atom stereocenters. The molecule has 1 aromatic heterocycles. The van der Waals surface area contributed by atoms with Gasteiger partial charge in [0.25, 0.3) is 0 Å². The Bertz CT molecular complexity index is 3620. The molecule has 0 atom stereocenters. The first-order valence-corrected chi connectivity index (χ1v) is 17.3. The number of fused-ring (bicyclic) bond motifs is 5. The quantitative estimate of drug-likeness (QED) is 0.160. The normalized spacial score (nSPS) is 15.2. The largest absolute Gasteiger partial charge is 0.310 e. The SMILES string of the molecule is [2H]c1c([2H])c([2H])c(-c2ccc(N(c3cc(-c4c([2H])c([2H])c([2H])c([2H])c4[2H])cc(-c4c([2H])c([2H])c([2H])c([2H])c4[2H])c3)c3ccc4c(c3)c3c5ccccc5ccc3n4-c3ccccc3)cc2)c([2H])c1[2H]. The standard InChI is InChI=1S/C52H36N2/c1-5-15-37(16-6-1)40-25-28-45(29-26-40)53(47-34-42(38-17-7-2-8-18-38)33-43(35-47)39-19-9-3-10-20-39)46-30-32-50-49(36-46)52-48-24-14-13-21-41(48)27-31-51(52)54(50)44-22-11-4-12-23-44/h1-36H/i1D,2D,3D,5D,6D,7D,8D,9D,10D,15D,16D,17D,18D,19D,20D. The fraction of sp³-hybridized carbons (Fsp3) is 0. The highest BCUT2D eigenvalue weighted by Crippen LogP contribution is 2.44. The number of hydrogen-bond donors (Lipinski definition) is 0. The summed E-state index contributed by atoms with van der Waals surface area (Å²) in [6, 6.07) is 31.5. The number of hydrogen-bond acceptors (Lipinski definition) is 1. The molecule has 0 saturated carbocycles. The van der Waals surface area contributed by atoms with Crippen molar-refractivity contribution in [1.29, 1.82) is 0 Å². The highest BCUT2D eigenvalue weighted by Gasteiger charge is 2.20. The van der Waals surface area contributed by atoms with Gasteiger partial charge in [-0.1, -0.05) is 151 Å². The molecule has 0 aliphatic rings. The first-order valence-electron chi connectivity index (χ1n) is 24.8. The van der Waals surface area contributed by atoms with Crippen LogP contribution in [-0.2, 0) is 0 Å². The van der Waals surface area contributed by atoms with E-state index in [-0.39, 0.29) is 39.9 Å². The van der Waals surface area contributed by atoms with E-state index in [2.05, 4.69) is 22.8 Å². The predicted octanol–water partition coefficient (Wildman–Crippen LogP) is 14.4. The fourth-order valence-electron chi connectivity index (χ4n) is 7.21. The fourth-order valence-corrected chi connectivity index (χ4v) is 7.21. The van der Waals surface area contributed by atoms with Crippen molar-refractivity contribution < 1.29 is 20.6 Å². The minimum atomic E-state index is -0.605. The summed E-state index contributed by atoms with van der Waals surface area (Å²) >= 11 is 0. The van der Waals surface area contributed by atoms with Crippen molar-refractivity contribution >= 4 is 49.6 Å². The average molecular weight is 704 g/mol. The number of benzene rings is 9. The zero-order valence-electron chi connectivity index (χ0n) is 43.5. The van der Waals surface area contributed by atoms with E-state index >= 15 is 0 Å². The van der Waals surface area contributed by atoms with Crippen molar-refractivity contribution in [3.8, 4) is 39.1 Å². The topological polar surface area (TPSA) is 8.17 Å². The molecule has 254 valence electrons. The van der Waals surface area contributed by atoms with Gasteiger partial charge in [-0.15, -0.1) is 0 Å². The highest BCUT2D eigenvalue weighted by molar-refractivity contribution is 6.22. The molecular formula is C52H36N2. The van der Waals surface area contributed by atoms with Crippen molar-refractivity contribution in [2.24, 2.45) is 0 Å². The third-order valence-electron chi connectivity index (χ3n) is 9.58. The summed E-state index contributed by atoms with van der Waals surface area (Å²) in [5.41, 5.74) is 4.22. The summed E-state index contributed by atoms with van der Waals surface area (Å²) in [5.74, 6) is 0. The molecule has 9 aromatic carbocycles. The van der Waals surface area contributed by atoms with Crippen molar-refractivity contribution in [2.45, 2.75) is 0 Å². The zero-order valence-corrected chi connectivity index (χ0v) is 28.5. The maximum Gasteiger partial charge on any atom is 0.0629 e. The summed E-state index contributed by atoms with van der Waals surface area (Å²) in [6.45, 7) is 0. The van der Waals surface area contributed by atoms with Crippen LogP contribution in [0.1, 0.15) is 20.6 Å². The summed E-state index contributed by atoms with van der Waals surface area (Å²) in [6.07, 6.45) is 0. The summed E-state index contributed by atoms with van der Waals surface area (Å²) in [5, 5.41) is 3.82. The van der Waals surface area contributed by atoms with Gasteiger partial charge in [-0.05, 0) is 111 Å². The molecule has 0 bridgehead atoms. The molecule has 0 N–H and O–H groups in total. The van der Waals surface area contributed by atoms with E-state index in [0.29, 0.717) is 22.6 Å². The summed E-state index contributed by atoms with van der Waals surface area (Å²) < 4.78 is 131. The van der Waals surface area contributed by atoms with E-state index in [1.54, 1.807) is 36.4 Å². The Morgan fingerprint density at radius 3 is 1.57 bits per heavy atom. The lowest BCUT2D eigenvalue weighted by Gasteiger charge is -2.27. The molecular weight excluding hydrogens is 653 g/mol. The third-order valence-corrected chi connectivity index (χ3v) is 9.58. The molecule has 10 rings (SSSR count). The van der Waals surface area contributed by atoms with Gasteiger partial charge in [-0.25, -0.2) is 0 Å². The van der Waals surface area contributed by atoms with Gasteiger partial charge in [0.15, 0.2) is 0 Å². The number of para-hydroxylation sites is 1. The van der Waals surface area contributed by atoms with Crippen LogP contribution in [0.15, 0.2) is 218 Å². The van der Waals surface area contributed by atoms with Crippen LogP contribution in [0.3, 0.4) is 0 Å². The molecule has 10 aromatic rings. The Morgan fingerprint density at radius 2 is 0.926 bits per heavy atom. The lowest BCUT2D eigenvalue weighted by molar-refractivity contribution is 1.18. The first kappa shape index (κ1) is 19.6. The number of nitrogens with zero attached hydrogens (tertiary/aromatic N) is 2. The first-order chi connectivity index (χ1) is 33.0. The van der Waals surface area contributed by atoms with Crippen LogP contribution in [0.5, 0.6) is 0 Å². The van der Waals surface area contributed by atoms with Gasteiger partial charge in [0.05, 0.1) is 31.6 Å². The van der Waals surface area contributed by atoms with Crippen LogP contribution < -0.4 is 4.90 Å². The predicted molar refractivity (Wildman–Crippen MR) is 229 cm³/mol. The van der Waals surface area contributed by atoms with Crippen LogP contribution in [0.2, 0.25) is 0 Å². The molecule has 0 aliphatic heterocycles. The molecule has 2 heteroatoms. The van der Waals surface area contributed by atoms with Gasteiger partial charge in [0, 0.05) is 33.5 Å². The minimum absolute atomic E-state index is 0.00669. The molecule has 0 amide bonds. The van der Waals surface area contributed by atoms with Crippen LogP contribution in [0.25, 0.3) is 71.6 Å². The van der Waals surface area contributed by atoms with E-state index in [0.717, 1.165) is 38.3 Å². The smallest absolute Gasteiger partial charge is 0.0629 e. The maximum atomic E-state index is 9.01. The molecule has 0 fully saturated rings.